The van der Waals surface area contributed by atoms with Gasteiger partial charge in [0.1, 0.15) is 23.8 Å². The van der Waals surface area contributed by atoms with Crippen LogP contribution in [0.1, 0.15) is 96.7 Å². The summed E-state index contributed by atoms with van der Waals surface area (Å²) in [5.74, 6) is -2.66. The van der Waals surface area contributed by atoms with Gasteiger partial charge in [-0.3, -0.25) is 39.0 Å². The molecule has 4 amide bonds. The number of nitrogens with one attached hydrogen (secondary N) is 1. The van der Waals surface area contributed by atoms with Crippen molar-refractivity contribution in [3.05, 3.63) is 87.3 Å². The first kappa shape index (κ1) is 39.3. The molecule has 0 spiro atoms. The maximum atomic E-state index is 15.8. The number of hydrogen-bond donors (Lipinski definition) is 2. The summed E-state index contributed by atoms with van der Waals surface area (Å²) < 4.78 is 38.1. The lowest BCUT2D eigenvalue weighted by molar-refractivity contribution is -0.136. The Morgan fingerprint density at radius 3 is 2.29 bits per heavy atom. The van der Waals surface area contributed by atoms with Crippen molar-refractivity contribution in [2.24, 2.45) is 5.92 Å². The van der Waals surface area contributed by atoms with Gasteiger partial charge in [-0.05, 0) is 88.1 Å². The summed E-state index contributed by atoms with van der Waals surface area (Å²) in [6.07, 6.45) is 10.7. The van der Waals surface area contributed by atoms with Gasteiger partial charge in [-0.15, -0.1) is 0 Å². The normalized spacial score (nSPS) is 25.1. The van der Waals surface area contributed by atoms with E-state index in [1.807, 2.05) is 10.9 Å². The molecule has 17 heteroatoms. The van der Waals surface area contributed by atoms with Crippen LogP contribution in [0.5, 0.6) is 5.75 Å². The Bertz CT molecular complexity index is 2370. The van der Waals surface area contributed by atoms with E-state index in [2.05, 4.69) is 20.1 Å². The average molecular weight is 848 g/mol. The Kier molecular flexibility index (Phi) is 10.3. The first-order valence-electron chi connectivity index (χ1n) is 20.0. The topological polar surface area (TPSA) is 156 Å². The van der Waals surface area contributed by atoms with Crippen molar-refractivity contribution in [1.29, 1.82) is 0 Å². The number of anilines is 2. The van der Waals surface area contributed by atoms with Crippen LogP contribution < -0.4 is 20.7 Å². The molecule has 4 unspecified atom stereocenters. The third-order valence-corrected chi connectivity index (χ3v) is 13.4. The van der Waals surface area contributed by atoms with E-state index in [1.165, 1.54) is 18.2 Å². The summed E-state index contributed by atoms with van der Waals surface area (Å²) in [7, 11) is 0. The maximum Gasteiger partial charge on any atom is 0.262 e. The smallest absolute Gasteiger partial charge is 0.262 e. The third kappa shape index (κ3) is 7.20. The molecular weight excluding hydrogens is 805 g/mol. The fourth-order valence-corrected chi connectivity index (χ4v) is 10.4. The fourth-order valence-electron chi connectivity index (χ4n) is 9.73. The third-order valence-electron chi connectivity index (χ3n) is 12.7. The van der Waals surface area contributed by atoms with Crippen LogP contribution in [0.25, 0.3) is 11.1 Å². The van der Waals surface area contributed by atoms with E-state index < -0.39 is 47.4 Å². The highest BCUT2D eigenvalue weighted by molar-refractivity contribution is 6.36. The van der Waals surface area contributed by atoms with Gasteiger partial charge in [0, 0.05) is 72.2 Å². The molecule has 4 aliphatic heterocycles. The van der Waals surface area contributed by atoms with E-state index in [0.717, 1.165) is 80.3 Å². The number of aromatic nitrogens is 3. The molecule has 2 aromatic carbocycles. The highest BCUT2D eigenvalue weighted by atomic mass is 35.5. The number of benzene rings is 2. The van der Waals surface area contributed by atoms with Gasteiger partial charge in [0.2, 0.25) is 11.8 Å². The van der Waals surface area contributed by atoms with Crippen LogP contribution in [0, 0.1) is 17.6 Å². The minimum atomic E-state index is -1.10. The predicted octanol–water partition coefficient (Wildman–Crippen LogP) is 6.74. The molecule has 4 aromatic rings. The molecule has 4 fully saturated rings. The first-order valence-corrected chi connectivity index (χ1v) is 20.8. The van der Waals surface area contributed by atoms with Crippen molar-refractivity contribution in [3.63, 3.8) is 0 Å². The van der Waals surface area contributed by atoms with Crippen molar-refractivity contribution in [2.45, 2.75) is 88.6 Å². The minimum absolute atomic E-state index is 0.0149. The second kappa shape index (κ2) is 15.5. The van der Waals surface area contributed by atoms with Crippen molar-refractivity contribution >= 4 is 58.3 Å². The minimum Gasteiger partial charge on any atom is -0.482 e. The number of piperazine rings is 1. The number of likely N-dealkylation sites (tertiary alicyclic amines) is 1. The van der Waals surface area contributed by atoms with Crippen molar-refractivity contribution in [3.8, 4) is 16.9 Å². The number of ether oxygens (including phenoxy) is 1. The van der Waals surface area contributed by atoms with Gasteiger partial charge >= 0.3 is 0 Å². The van der Waals surface area contributed by atoms with Gasteiger partial charge < -0.3 is 15.4 Å². The van der Waals surface area contributed by atoms with Crippen LogP contribution in [0.2, 0.25) is 10.0 Å². The number of hydrogen-bond acceptors (Lipinski definition) is 10. The monoisotopic (exact) mass is 846 g/mol. The Hall–Kier alpha value is -5.12. The largest absolute Gasteiger partial charge is 0.482 e. The molecule has 3 saturated heterocycles. The van der Waals surface area contributed by atoms with Gasteiger partial charge in [0.25, 0.3) is 11.8 Å². The zero-order chi connectivity index (χ0) is 41.3. The molecule has 2 aromatic heterocycles. The number of carbonyl (C=O) groups is 4. The lowest BCUT2D eigenvalue weighted by atomic mass is 9.85. The number of piperidine rings is 1. The lowest BCUT2D eigenvalue weighted by Crippen LogP contribution is -2.55. The number of nitrogens with two attached hydrogens (primary N) is 1. The molecule has 9 rings (SSSR count). The average Bonchev–Trinajstić information content (AvgIpc) is 3.87. The molecule has 5 aliphatic rings. The Morgan fingerprint density at radius 1 is 0.881 bits per heavy atom. The standard InChI is InChI=1S/C42H42Cl2F2N8O5/c1-21(37-30(43)8-9-31(45)38(37)44)59-35-12-23(15-48-39(35)47)24-16-49-52(18-24)25-4-2-22(3-5-25)17-51-19-26-6-7-27(20-51)53(26)34-14-29-28(13-32(34)46)41(57)54(42(29)58)33-10-11-36(55)50-40(33)56/h8-9,12-16,18,21-22,25-27,33H,2-7,10-11,17,19-20H2,1H3,(H2,47,48)(H,50,55,56). The zero-order valence-corrected chi connectivity index (χ0v) is 33.7. The molecule has 0 radical (unpaired) electrons. The number of rotatable bonds is 9. The van der Waals surface area contributed by atoms with E-state index in [-0.39, 0.29) is 58.0 Å². The molecule has 308 valence electrons. The summed E-state index contributed by atoms with van der Waals surface area (Å²) in [5, 5.41) is 7.08. The highest BCUT2D eigenvalue weighted by Crippen LogP contribution is 2.42. The highest BCUT2D eigenvalue weighted by Gasteiger charge is 2.47. The van der Waals surface area contributed by atoms with Gasteiger partial charge in [-0.2, -0.15) is 5.10 Å². The number of halogens is 4. The summed E-state index contributed by atoms with van der Waals surface area (Å²) in [6.45, 7) is 4.20. The van der Waals surface area contributed by atoms with E-state index in [4.69, 9.17) is 38.8 Å². The number of pyridine rings is 1. The van der Waals surface area contributed by atoms with Crippen molar-refractivity contribution < 1.29 is 32.7 Å². The quantitative estimate of drug-likeness (QED) is 0.137. The molecule has 6 heterocycles. The van der Waals surface area contributed by atoms with Crippen LogP contribution in [0.3, 0.4) is 0 Å². The maximum absolute atomic E-state index is 15.8. The molecule has 2 bridgehead atoms. The first-order chi connectivity index (χ1) is 28.3. The molecular formula is C42H42Cl2F2N8O5. The summed E-state index contributed by atoms with van der Waals surface area (Å²) in [6, 6.07) is 6.30. The summed E-state index contributed by atoms with van der Waals surface area (Å²) in [5.41, 5.74) is 8.45. The second-order valence-electron chi connectivity index (χ2n) is 16.3. The van der Waals surface area contributed by atoms with E-state index in [9.17, 15) is 23.6 Å². The second-order valence-corrected chi connectivity index (χ2v) is 17.1. The van der Waals surface area contributed by atoms with Crippen LogP contribution in [-0.4, -0.2) is 86.0 Å². The van der Waals surface area contributed by atoms with Crippen LogP contribution in [0.15, 0.2) is 48.9 Å². The Labute approximate surface area is 348 Å². The number of carbonyl (C=O) groups excluding carboxylic acids is 4. The van der Waals surface area contributed by atoms with E-state index in [0.29, 0.717) is 22.9 Å². The van der Waals surface area contributed by atoms with E-state index >= 15 is 4.39 Å². The number of nitrogens with zero attached hydrogens (tertiary/aromatic N) is 6. The van der Waals surface area contributed by atoms with Crippen molar-refractivity contribution in [1.82, 2.24) is 29.9 Å². The van der Waals surface area contributed by atoms with E-state index in [1.54, 1.807) is 25.4 Å². The number of fused-ring (bicyclic) bond motifs is 3. The summed E-state index contributed by atoms with van der Waals surface area (Å²) in [4.78, 5) is 60.7. The number of nitrogen functional groups attached to an aromatic ring is 1. The summed E-state index contributed by atoms with van der Waals surface area (Å²) >= 11 is 12.5. The van der Waals surface area contributed by atoms with Crippen LogP contribution in [-0.2, 0) is 9.59 Å². The lowest BCUT2D eigenvalue weighted by Gasteiger charge is -2.44. The van der Waals surface area contributed by atoms with Gasteiger partial charge in [-0.25, -0.2) is 13.8 Å². The molecule has 1 saturated carbocycles. The molecule has 59 heavy (non-hydrogen) atoms. The van der Waals surface area contributed by atoms with Crippen LogP contribution >= 0.6 is 23.2 Å². The Balaban J connectivity index is 0.806. The molecule has 3 N–H and O–H groups in total. The zero-order valence-electron chi connectivity index (χ0n) is 32.2. The molecule has 4 atom stereocenters. The van der Waals surface area contributed by atoms with Gasteiger partial charge in [0.15, 0.2) is 11.6 Å². The Morgan fingerprint density at radius 2 is 1.58 bits per heavy atom. The van der Waals surface area contributed by atoms with Crippen LogP contribution in [0.4, 0.5) is 20.3 Å². The molecule has 1 aliphatic carbocycles. The number of imide groups is 2. The number of amides is 4. The van der Waals surface area contributed by atoms with Gasteiger partial charge in [0.05, 0.1) is 34.1 Å². The van der Waals surface area contributed by atoms with Gasteiger partial charge in [-0.1, -0.05) is 23.2 Å². The van der Waals surface area contributed by atoms with Crippen molar-refractivity contribution in [2.75, 3.05) is 30.3 Å². The molecule has 13 nitrogen and oxygen atoms in total. The predicted molar refractivity (Wildman–Crippen MR) is 215 cm³/mol. The SMILES string of the molecule is CC(Oc1cc(-c2cnn(C3CCC(CN4CC5CCC(C4)N5c4cc5c(cc4F)C(=O)N(C4CCC(=O)NC4=O)C5=O)CC3)c2)cnc1N)c1c(Cl)ccc(F)c1Cl. The fraction of sp³-hybridized carbons (Fsp3) is 0.429.